The quantitative estimate of drug-likeness (QED) is 0.0650. The van der Waals surface area contributed by atoms with Crippen molar-refractivity contribution in [3.63, 3.8) is 0 Å². The van der Waals surface area contributed by atoms with Crippen LogP contribution in [0.15, 0.2) is 24.3 Å². The third-order valence-electron chi connectivity index (χ3n) is 6.79. The third-order valence-corrected chi connectivity index (χ3v) is 6.79. The van der Waals surface area contributed by atoms with Crippen LogP contribution in [0.3, 0.4) is 0 Å². The molecule has 2 aliphatic heterocycles. The van der Waals surface area contributed by atoms with Crippen LogP contribution in [0, 0.1) is 0 Å². The van der Waals surface area contributed by atoms with Gasteiger partial charge in [0.05, 0.1) is 6.61 Å². The fourth-order valence-corrected chi connectivity index (χ4v) is 4.52. The summed E-state index contributed by atoms with van der Waals surface area (Å²) in [5.41, 5.74) is -0.695. The van der Waals surface area contributed by atoms with Crippen LogP contribution < -0.4 is 21.3 Å². The molecule has 0 aliphatic carbocycles. The molecule has 0 aromatic heterocycles. The van der Waals surface area contributed by atoms with E-state index >= 15 is 0 Å². The molecule has 4 N–H and O–H groups in total. The lowest BCUT2D eigenvalue weighted by molar-refractivity contribution is -0.155. The van der Waals surface area contributed by atoms with Gasteiger partial charge < -0.3 is 30.7 Å². The predicted molar refractivity (Wildman–Crippen MR) is 167 cm³/mol. The molecule has 8 amide bonds. The average Bonchev–Trinajstić information content (AvgIpc) is 3.50. The largest absolute Gasteiger partial charge is 0.460 e. The predicted octanol–water partition coefficient (Wildman–Crippen LogP) is -1.63. The van der Waals surface area contributed by atoms with Gasteiger partial charge in [-0.15, -0.1) is 0 Å². The van der Waals surface area contributed by atoms with Crippen LogP contribution in [0.4, 0.5) is 0 Å². The molecule has 0 aromatic rings. The van der Waals surface area contributed by atoms with E-state index < -0.39 is 70.9 Å². The summed E-state index contributed by atoms with van der Waals surface area (Å²) in [6.07, 6.45) is 4.23. The third kappa shape index (κ3) is 13.4. The van der Waals surface area contributed by atoms with Gasteiger partial charge in [0, 0.05) is 76.9 Å². The molecule has 0 radical (unpaired) electrons. The average molecular weight is 677 g/mol. The normalized spacial score (nSPS) is 15.4. The van der Waals surface area contributed by atoms with Crippen molar-refractivity contribution in [2.24, 2.45) is 0 Å². The highest BCUT2D eigenvalue weighted by Gasteiger charge is 2.36. The van der Waals surface area contributed by atoms with Crippen molar-refractivity contribution in [2.45, 2.75) is 77.0 Å². The first-order valence-electron chi connectivity index (χ1n) is 15.5. The molecule has 0 bridgehead atoms. The summed E-state index contributed by atoms with van der Waals surface area (Å²) in [5, 5.41) is 10.1. The van der Waals surface area contributed by atoms with Gasteiger partial charge in [0.1, 0.15) is 17.7 Å². The van der Waals surface area contributed by atoms with Crippen molar-refractivity contribution >= 4 is 53.2 Å². The molecule has 0 spiro atoms. The van der Waals surface area contributed by atoms with Crippen LogP contribution in [0.1, 0.15) is 59.3 Å². The topological polar surface area (TPSA) is 227 Å². The van der Waals surface area contributed by atoms with E-state index in [1.165, 1.54) is 7.11 Å². The van der Waals surface area contributed by atoms with Crippen molar-refractivity contribution in [1.82, 2.24) is 31.1 Å². The van der Waals surface area contributed by atoms with Crippen molar-refractivity contribution in [3.8, 4) is 0 Å². The van der Waals surface area contributed by atoms with Crippen LogP contribution in [0.25, 0.3) is 0 Å². The number of nitrogens with zero attached hydrogens (tertiary/aromatic N) is 2. The lowest BCUT2D eigenvalue weighted by Crippen LogP contribution is -2.64. The van der Waals surface area contributed by atoms with Gasteiger partial charge in [0.2, 0.25) is 23.6 Å². The van der Waals surface area contributed by atoms with Gasteiger partial charge in [-0.05, 0) is 40.0 Å². The van der Waals surface area contributed by atoms with Gasteiger partial charge in [-0.1, -0.05) is 0 Å². The number of hydrogen-bond donors (Lipinski definition) is 4. The zero-order valence-electron chi connectivity index (χ0n) is 27.6. The van der Waals surface area contributed by atoms with E-state index in [0.29, 0.717) is 0 Å². The number of hydrogen-bond acceptors (Lipinski definition) is 11. The molecule has 0 saturated heterocycles. The van der Waals surface area contributed by atoms with Crippen LogP contribution in [-0.2, 0) is 52.6 Å². The SMILES string of the molecule is COCCNC(=O)[C@@H](NC(=O)CCCN1C(=O)C=CC1=O)[C@H](NC(=O)CCCN1C(=O)C=CC1=O)C(=O)NCCCC(=O)OC(C)(C)C. The number of methoxy groups -OCH3 is 1. The molecular weight excluding hydrogens is 632 g/mol. The van der Waals surface area contributed by atoms with E-state index in [-0.39, 0.29) is 71.3 Å². The molecule has 2 aliphatic rings. The molecule has 2 rings (SSSR count). The van der Waals surface area contributed by atoms with Crippen molar-refractivity contribution in [1.29, 1.82) is 0 Å². The van der Waals surface area contributed by atoms with E-state index in [0.717, 1.165) is 34.1 Å². The molecule has 2 atom stereocenters. The van der Waals surface area contributed by atoms with Gasteiger partial charge >= 0.3 is 5.97 Å². The summed E-state index contributed by atoms with van der Waals surface area (Å²) in [6, 6.07) is -3.25. The smallest absolute Gasteiger partial charge is 0.306 e. The van der Waals surface area contributed by atoms with Crippen LogP contribution in [0.5, 0.6) is 0 Å². The van der Waals surface area contributed by atoms with Crippen molar-refractivity contribution in [3.05, 3.63) is 24.3 Å². The fourth-order valence-electron chi connectivity index (χ4n) is 4.52. The summed E-state index contributed by atoms with van der Waals surface area (Å²) in [7, 11) is 1.41. The Morgan fingerprint density at radius 3 is 1.48 bits per heavy atom. The Hall–Kier alpha value is -4.93. The second kappa shape index (κ2) is 19.0. The summed E-state index contributed by atoms with van der Waals surface area (Å²) < 4.78 is 10.2. The Balaban J connectivity index is 2.15. The maximum absolute atomic E-state index is 13.4. The number of carbonyl (C=O) groups is 9. The number of nitrogens with one attached hydrogen (secondary N) is 4. The molecular formula is C31H44N6O11. The summed E-state index contributed by atoms with van der Waals surface area (Å²) in [4.78, 5) is 114. The first-order chi connectivity index (χ1) is 22.6. The number of rotatable bonds is 20. The van der Waals surface area contributed by atoms with Crippen LogP contribution in [-0.4, -0.2) is 121 Å². The molecule has 48 heavy (non-hydrogen) atoms. The first kappa shape index (κ1) is 39.2. The maximum atomic E-state index is 13.4. The zero-order valence-corrected chi connectivity index (χ0v) is 27.6. The van der Waals surface area contributed by atoms with E-state index in [9.17, 15) is 43.2 Å². The Morgan fingerprint density at radius 2 is 1.08 bits per heavy atom. The monoisotopic (exact) mass is 676 g/mol. The van der Waals surface area contributed by atoms with E-state index in [4.69, 9.17) is 9.47 Å². The van der Waals surface area contributed by atoms with E-state index in [2.05, 4.69) is 21.3 Å². The van der Waals surface area contributed by atoms with Gasteiger partial charge in [-0.2, -0.15) is 0 Å². The number of esters is 1. The minimum absolute atomic E-state index is 0.0119. The Kier molecular flexibility index (Phi) is 15.6. The molecule has 17 heteroatoms. The molecule has 264 valence electrons. The van der Waals surface area contributed by atoms with E-state index in [1.54, 1.807) is 20.8 Å². The summed E-state index contributed by atoms with van der Waals surface area (Å²) >= 11 is 0. The summed E-state index contributed by atoms with van der Waals surface area (Å²) in [6.45, 7) is 5.11. The number of carbonyl (C=O) groups excluding carboxylic acids is 9. The lowest BCUT2D eigenvalue weighted by atomic mass is 10.0. The first-order valence-corrected chi connectivity index (χ1v) is 15.5. The second-order valence-corrected chi connectivity index (χ2v) is 11.9. The van der Waals surface area contributed by atoms with Crippen molar-refractivity contribution < 1.29 is 52.6 Å². The number of amides is 8. The molecule has 0 aromatic carbocycles. The highest BCUT2D eigenvalue weighted by Crippen LogP contribution is 2.10. The lowest BCUT2D eigenvalue weighted by Gasteiger charge is -2.28. The molecule has 0 saturated carbocycles. The molecule has 2 heterocycles. The van der Waals surface area contributed by atoms with Crippen LogP contribution >= 0.6 is 0 Å². The minimum atomic E-state index is -1.63. The molecule has 0 unspecified atom stereocenters. The molecule has 17 nitrogen and oxygen atoms in total. The van der Waals surface area contributed by atoms with Gasteiger partial charge in [0.15, 0.2) is 0 Å². The zero-order chi connectivity index (χ0) is 35.9. The standard InChI is InChI=1S/C31H44N6O11/c1-31(2,3)48-26(44)10-5-15-32-29(45)27(34-20(38)8-6-17-36-22(40)11-12-23(36)41)28(30(46)33-16-19-47-4)35-21(39)9-7-18-37-24(42)13-14-25(37)43/h11-14,27-28H,5-10,15-19H2,1-4H3,(H,32,45)(H,33,46)(H,34,38)(H,35,39)/t27-,28-/m0/s1. The van der Waals surface area contributed by atoms with E-state index in [1.807, 2.05) is 0 Å². The van der Waals surface area contributed by atoms with Gasteiger partial charge in [0.25, 0.3) is 23.6 Å². The minimum Gasteiger partial charge on any atom is -0.460 e. The second-order valence-electron chi connectivity index (χ2n) is 11.9. The maximum Gasteiger partial charge on any atom is 0.306 e. The summed E-state index contributed by atoms with van der Waals surface area (Å²) in [5.74, 6) is -5.63. The Labute approximate surface area is 278 Å². The Bertz CT molecular complexity index is 1280. The van der Waals surface area contributed by atoms with Crippen molar-refractivity contribution in [2.75, 3.05) is 39.9 Å². The Morgan fingerprint density at radius 1 is 0.667 bits per heavy atom. The highest BCUT2D eigenvalue weighted by molar-refractivity contribution is 6.13. The fraction of sp³-hybridized carbons (Fsp3) is 0.581. The number of ether oxygens (including phenoxy) is 2. The van der Waals surface area contributed by atoms with Crippen LogP contribution in [0.2, 0.25) is 0 Å². The van der Waals surface area contributed by atoms with Gasteiger partial charge in [-0.25, -0.2) is 0 Å². The molecule has 0 fully saturated rings. The number of imide groups is 2. The van der Waals surface area contributed by atoms with Gasteiger partial charge in [-0.3, -0.25) is 53.0 Å². The highest BCUT2D eigenvalue weighted by atomic mass is 16.6.